The topological polar surface area (TPSA) is 79.0 Å². The van der Waals surface area contributed by atoms with E-state index in [0.717, 1.165) is 0 Å². The first-order valence-electron chi connectivity index (χ1n) is 5.05. The van der Waals surface area contributed by atoms with E-state index >= 15 is 0 Å². The summed E-state index contributed by atoms with van der Waals surface area (Å²) in [6.45, 7) is 1.73. The highest BCUT2D eigenvalue weighted by Crippen LogP contribution is 2.14. The monoisotopic (exact) mass is 227 g/mol. The maximum Gasteiger partial charge on any atom is 0.396 e. The number of rotatable bonds is 0. The number of esters is 1. The Kier molecular flexibility index (Phi) is 2.67. The van der Waals surface area contributed by atoms with Crippen molar-refractivity contribution in [2.24, 2.45) is 0 Å². The average Bonchev–Trinajstić information content (AvgIpc) is 2.68. The van der Waals surface area contributed by atoms with Crippen molar-refractivity contribution in [1.29, 1.82) is 0 Å². The van der Waals surface area contributed by atoms with Crippen LogP contribution in [0, 0.1) is 0 Å². The molecule has 1 atom stereocenters. The molecule has 88 valence electrons. The minimum Gasteiger partial charge on any atom is -0.462 e. The lowest BCUT2D eigenvalue weighted by Crippen LogP contribution is -2.55. The number of hydrogen-bond donors (Lipinski definition) is 1. The van der Waals surface area contributed by atoms with Crippen molar-refractivity contribution in [3.05, 3.63) is 0 Å². The Morgan fingerprint density at radius 2 is 2.19 bits per heavy atom. The van der Waals surface area contributed by atoms with E-state index in [0.29, 0.717) is 26.2 Å². The van der Waals surface area contributed by atoms with Crippen LogP contribution in [0.15, 0.2) is 0 Å². The molecule has 2 heterocycles. The normalized spacial score (nSPS) is 23.8. The molecule has 0 radical (unpaired) electrons. The number of carbonyl (C=O) groups excluding carboxylic acids is 3. The maximum absolute atomic E-state index is 11.5. The molecular weight excluding hydrogens is 214 g/mol. The fourth-order valence-corrected chi connectivity index (χ4v) is 2.00. The summed E-state index contributed by atoms with van der Waals surface area (Å²) >= 11 is 0. The lowest BCUT2D eigenvalue weighted by Gasteiger charge is -2.35. The molecule has 16 heavy (non-hydrogen) atoms. The Balaban J connectivity index is 1.99. The fraction of sp³-hybridized carbons (Fsp3) is 0.667. The molecule has 0 aromatic rings. The van der Waals surface area contributed by atoms with Crippen LogP contribution >= 0.6 is 0 Å². The van der Waals surface area contributed by atoms with E-state index in [1.165, 1.54) is 12.0 Å². The molecule has 2 fully saturated rings. The number of piperazine rings is 1. The van der Waals surface area contributed by atoms with Crippen molar-refractivity contribution >= 4 is 17.9 Å². The van der Waals surface area contributed by atoms with Crippen LogP contribution in [0.2, 0.25) is 0 Å². The van der Waals surface area contributed by atoms with Gasteiger partial charge in [0.2, 0.25) is 0 Å². The lowest BCUT2D eigenvalue weighted by atomic mass is 10.2. The Bertz CT molecular complexity index is 344. The zero-order valence-electron chi connectivity index (χ0n) is 8.93. The highest BCUT2D eigenvalue weighted by molar-refractivity contribution is 6.32. The molecule has 0 bridgehead atoms. The van der Waals surface area contributed by atoms with Gasteiger partial charge in [-0.1, -0.05) is 0 Å². The third-order valence-corrected chi connectivity index (χ3v) is 2.88. The molecule has 3 amide bonds. The number of nitrogens with one attached hydrogen (secondary N) is 1. The molecule has 7 heteroatoms. The number of carbonyl (C=O) groups is 3. The van der Waals surface area contributed by atoms with Crippen LogP contribution in [-0.2, 0) is 14.3 Å². The van der Waals surface area contributed by atoms with Crippen LogP contribution in [-0.4, -0.2) is 67.0 Å². The Hall–Kier alpha value is -1.79. The molecule has 2 aliphatic rings. The van der Waals surface area contributed by atoms with E-state index in [9.17, 15) is 14.4 Å². The molecule has 0 aliphatic carbocycles. The van der Waals surface area contributed by atoms with Crippen LogP contribution in [0.3, 0.4) is 0 Å². The third kappa shape index (κ3) is 1.68. The predicted octanol–water partition coefficient (Wildman–Crippen LogP) is -1.60. The van der Waals surface area contributed by atoms with Crippen LogP contribution < -0.4 is 5.32 Å². The van der Waals surface area contributed by atoms with Crippen molar-refractivity contribution in [3.8, 4) is 0 Å². The lowest BCUT2D eigenvalue weighted by molar-refractivity contribution is -0.159. The molecule has 0 aromatic carbocycles. The van der Waals surface area contributed by atoms with E-state index in [-0.39, 0.29) is 12.1 Å². The number of methoxy groups -OCH3 is 1. The summed E-state index contributed by atoms with van der Waals surface area (Å²) in [6, 6.07) is -0.134. The second-order valence-electron chi connectivity index (χ2n) is 3.78. The van der Waals surface area contributed by atoms with Crippen molar-refractivity contribution in [2.45, 2.75) is 6.04 Å². The van der Waals surface area contributed by atoms with E-state index in [2.05, 4.69) is 10.1 Å². The summed E-state index contributed by atoms with van der Waals surface area (Å²) in [5.41, 5.74) is 0. The van der Waals surface area contributed by atoms with Crippen LogP contribution in [0.25, 0.3) is 0 Å². The molecule has 1 unspecified atom stereocenters. The second-order valence-corrected chi connectivity index (χ2v) is 3.78. The number of hydrogen-bond acceptors (Lipinski definition) is 4. The molecule has 1 N–H and O–H groups in total. The Morgan fingerprint density at radius 3 is 2.88 bits per heavy atom. The molecule has 2 saturated heterocycles. The van der Waals surface area contributed by atoms with E-state index in [1.54, 1.807) is 4.90 Å². The first-order valence-corrected chi connectivity index (χ1v) is 5.05. The number of nitrogens with zero attached hydrogens (tertiary/aromatic N) is 2. The SMILES string of the molecule is COC(=O)C(=O)N1CCN2C(=O)NCC2C1. The molecular formula is C9H13N3O4. The van der Waals surface area contributed by atoms with Crippen molar-refractivity contribution in [3.63, 3.8) is 0 Å². The van der Waals surface area contributed by atoms with Gasteiger partial charge in [0.05, 0.1) is 13.2 Å². The van der Waals surface area contributed by atoms with Gasteiger partial charge >= 0.3 is 17.9 Å². The summed E-state index contributed by atoms with van der Waals surface area (Å²) < 4.78 is 4.37. The summed E-state index contributed by atoms with van der Waals surface area (Å²) in [5, 5.41) is 2.70. The fourth-order valence-electron chi connectivity index (χ4n) is 2.00. The summed E-state index contributed by atoms with van der Waals surface area (Å²) in [6.07, 6.45) is 0. The van der Waals surface area contributed by atoms with Gasteiger partial charge in [-0.3, -0.25) is 4.79 Å². The average molecular weight is 227 g/mol. The summed E-state index contributed by atoms with van der Waals surface area (Å²) in [7, 11) is 1.18. The molecule has 0 saturated carbocycles. The molecule has 7 nitrogen and oxygen atoms in total. The van der Waals surface area contributed by atoms with Crippen LogP contribution in [0.5, 0.6) is 0 Å². The van der Waals surface area contributed by atoms with Crippen molar-refractivity contribution < 1.29 is 19.1 Å². The van der Waals surface area contributed by atoms with Crippen molar-refractivity contribution in [1.82, 2.24) is 15.1 Å². The summed E-state index contributed by atoms with van der Waals surface area (Å²) in [5.74, 6) is -1.49. The van der Waals surface area contributed by atoms with Gasteiger partial charge in [0.15, 0.2) is 0 Å². The maximum atomic E-state index is 11.5. The highest BCUT2D eigenvalue weighted by atomic mass is 16.5. The second kappa shape index (κ2) is 3.99. The van der Waals surface area contributed by atoms with Crippen molar-refractivity contribution in [2.75, 3.05) is 33.3 Å². The molecule has 2 rings (SSSR count). The number of urea groups is 1. The van der Waals surface area contributed by atoms with Gasteiger partial charge in [-0.05, 0) is 0 Å². The standard InChI is InChI=1S/C9H13N3O4/c1-16-8(14)7(13)11-2-3-12-6(5-11)4-10-9(12)15/h6H,2-5H2,1H3,(H,10,15). The predicted molar refractivity (Wildman–Crippen MR) is 52.5 cm³/mol. The van der Waals surface area contributed by atoms with E-state index < -0.39 is 11.9 Å². The third-order valence-electron chi connectivity index (χ3n) is 2.88. The van der Waals surface area contributed by atoms with Gasteiger partial charge in [-0.15, -0.1) is 0 Å². The molecule has 0 aromatic heterocycles. The smallest absolute Gasteiger partial charge is 0.396 e. The first-order chi connectivity index (χ1) is 7.63. The van der Waals surface area contributed by atoms with Gasteiger partial charge in [0.1, 0.15) is 0 Å². The van der Waals surface area contributed by atoms with E-state index in [4.69, 9.17) is 0 Å². The number of ether oxygens (including phenoxy) is 1. The minimum atomic E-state index is -0.856. The number of fused-ring (bicyclic) bond motifs is 1. The van der Waals surface area contributed by atoms with Gasteiger partial charge in [0, 0.05) is 26.2 Å². The first kappa shape index (κ1) is 10.7. The molecule has 2 aliphatic heterocycles. The minimum absolute atomic E-state index is 0.0325. The van der Waals surface area contributed by atoms with Gasteiger partial charge in [-0.25, -0.2) is 9.59 Å². The van der Waals surface area contributed by atoms with Crippen LogP contribution in [0.1, 0.15) is 0 Å². The Morgan fingerprint density at radius 1 is 1.44 bits per heavy atom. The zero-order valence-corrected chi connectivity index (χ0v) is 8.93. The number of amides is 3. The Labute approximate surface area is 92.3 Å². The quantitative estimate of drug-likeness (QED) is 0.399. The van der Waals surface area contributed by atoms with Crippen LogP contribution in [0.4, 0.5) is 4.79 Å². The highest BCUT2D eigenvalue weighted by Gasteiger charge is 2.38. The zero-order chi connectivity index (χ0) is 11.7. The van der Waals surface area contributed by atoms with Gasteiger partial charge < -0.3 is 19.9 Å². The van der Waals surface area contributed by atoms with Gasteiger partial charge in [0.25, 0.3) is 0 Å². The summed E-state index contributed by atoms with van der Waals surface area (Å²) in [4.78, 5) is 37.0. The van der Waals surface area contributed by atoms with E-state index in [1.807, 2.05) is 0 Å². The largest absolute Gasteiger partial charge is 0.462 e. The van der Waals surface area contributed by atoms with Gasteiger partial charge in [-0.2, -0.15) is 0 Å². The molecule has 0 spiro atoms.